The van der Waals surface area contributed by atoms with Crippen LogP contribution in [0.3, 0.4) is 0 Å². The van der Waals surface area contributed by atoms with Crippen molar-refractivity contribution in [2.24, 2.45) is 50.2 Å². The molecule has 13 nitrogen and oxygen atoms in total. The van der Waals surface area contributed by atoms with Crippen molar-refractivity contribution in [2.45, 2.75) is 135 Å². The summed E-state index contributed by atoms with van der Waals surface area (Å²) >= 11 is 0. The van der Waals surface area contributed by atoms with Gasteiger partial charge in [-0.25, -0.2) is 0 Å². The minimum Gasteiger partial charge on any atom is -0.469 e. The normalized spacial score (nSPS) is 53.8. The Bertz CT molecular complexity index is 1400. The van der Waals surface area contributed by atoms with Gasteiger partial charge in [-0.1, -0.05) is 39.3 Å². The van der Waals surface area contributed by atoms with Crippen molar-refractivity contribution >= 4 is 11.9 Å². The standard InChI is InChI=1S/C38H60O13/c1-33(31(46)49-7)10-12-38(32(47)51-30-27(44)26(43)25(42)23(17-39)50-30)13-11-36(4)19(20(38)15-33)14-22(48-6)28-34(2)16-21(41)29(45)35(3,18-40)24(34)8-9-37(28,36)5/h14,20-30,39-45H,8-13,15-18H2,1-7H3. The Balaban J connectivity index is 1.45. The number of esters is 2. The maximum absolute atomic E-state index is 14.6. The van der Waals surface area contributed by atoms with Gasteiger partial charge in [0.1, 0.15) is 24.4 Å². The topological polar surface area (TPSA) is 213 Å². The Hall–Kier alpha value is -1.68. The number of hydrogen-bond acceptors (Lipinski definition) is 13. The number of rotatable bonds is 6. The van der Waals surface area contributed by atoms with E-state index in [0.29, 0.717) is 32.1 Å². The summed E-state index contributed by atoms with van der Waals surface area (Å²) in [7, 11) is 3.01. The first-order chi connectivity index (χ1) is 23.8. The van der Waals surface area contributed by atoms with Gasteiger partial charge in [0.05, 0.1) is 49.5 Å². The molecule has 1 saturated heterocycles. The molecule has 0 aromatic rings. The van der Waals surface area contributed by atoms with E-state index in [1.807, 2.05) is 13.8 Å². The predicted molar refractivity (Wildman–Crippen MR) is 180 cm³/mol. The van der Waals surface area contributed by atoms with Gasteiger partial charge < -0.3 is 54.7 Å². The lowest BCUT2D eigenvalue weighted by molar-refractivity contribution is -0.298. The SMILES string of the molecule is COC(=O)C1(C)CCC2(C(=O)OC3OC(CO)C(O)C(O)C3O)CCC3(C)C(=CC(OC)C4C5(C)CC(O)C(O)C(C)(CO)C5CCC43C)C2C1. The number of fused-ring (bicyclic) bond motifs is 7. The van der Waals surface area contributed by atoms with Crippen LogP contribution >= 0.6 is 0 Å². The maximum Gasteiger partial charge on any atom is 0.315 e. The number of hydrogen-bond donors (Lipinski definition) is 7. The number of aliphatic hydroxyl groups excluding tert-OH is 7. The van der Waals surface area contributed by atoms with Crippen LogP contribution in [0.5, 0.6) is 0 Å². The smallest absolute Gasteiger partial charge is 0.315 e. The molecule has 6 aliphatic rings. The molecule has 13 heteroatoms. The van der Waals surface area contributed by atoms with Gasteiger partial charge >= 0.3 is 11.9 Å². The average Bonchev–Trinajstić information content (AvgIpc) is 3.10. The largest absolute Gasteiger partial charge is 0.469 e. The fourth-order valence-electron chi connectivity index (χ4n) is 12.7. The zero-order chi connectivity index (χ0) is 37.7. The molecule has 0 aromatic carbocycles. The Labute approximate surface area is 300 Å². The minimum atomic E-state index is -1.75. The second-order valence-electron chi connectivity index (χ2n) is 18.1. The molecule has 1 aliphatic heterocycles. The van der Waals surface area contributed by atoms with Gasteiger partial charge in [0.15, 0.2) is 0 Å². The van der Waals surface area contributed by atoms with E-state index in [4.69, 9.17) is 18.9 Å². The zero-order valence-corrected chi connectivity index (χ0v) is 31.1. The molecular formula is C38H60O13. The molecule has 17 atom stereocenters. The van der Waals surface area contributed by atoms with Gasteiger partial charge in [-0.05, 0) is 86.4 Å². The monoisotopic (exact) mass is 724 g/mol. The van der Waals surface area contributed by atoms with Crippen molar-refractivity contribution < 1.29 is 64.3 Å². The number of carbonyl (C=O) groups is 2. The van der Waals surface area contributed by atoms with Crippen LogP contribution in [0, 0.1) is 50.2 Å². The first kappa shape index (κ1) is 39.0. The number of aliphatic hydroxyl groups is 7. The van der Waals surface area contributed by atoms with Crippen molar-refractivity contribution in [3.8, 4) is 0 Å². The first-order valence-corrected chi connectivity index (χ1v) is 18.6. The molecule has 5 aliphatic carbocycles. The molecule has 51 heavy (non-hydrogen) atoms. The summed E-state index contributed by atoms with van der Waals surface area (Å²) < 4.78 is 23.1. The molecule has 0 spiro atoms. The molecular weight excluding hydrogens is 664 g/mol. The van der Waals surface area contributed by atoms with Crippen molar-refractivity contribution in [2.75, 3.05) is 27.4 Å². The highest BCUT2D eigenvalue weighted by molar-refractivity contribution is 5.81. The highest BCUT2D eigenvalue weighted by atomic mass is 16.7. The van der Waals surface area contributed by atoms with Crippen molar-refractivity contribution in [1.29, 1.82) is 0 Å². The van der Waals surface area contributed by atoms with Gasteiger partial charge in [-0.15, -0.1) is 0 Å². The van der Waals surface area contributed by atoms with Crippen LogP contribution in [0.2, 0.25) is 0 Å². The molecule has 290 valence electrons. The molecule has 5 fully saturated rings. The Morgan fingerprint density at radius 1 is 0.863 bits per heavy atom. The van der Waals surface area contributed by atoms with E-state index in [0.717, 1.165) is 12.0 Å². The number of ether oxygens (including phenoxy) is 4. The van der Waals surface area contributed by atoms with Gasteiger partial charge in [-0.3, -0.25) is 9.59 Å². The molecule has 0 amide bonds. The van der Waals surface area contributed by atoms with E-state index in [9.17, 15) is 45.3 Å². The van der Waals surface area contributed by atoms with E-state index in [1.165, 1.54) is 7.11 Å². The molecule has 0 bridgehead atoms. The Morgan fingerprint density at radius 3 is 2.14 bits per heavy atom. The van der Waals surface area contributed by atoms with Crippen LogP contribution in [0.15, 0.2) is 11.6 Å². The molecule has 7 N–H and O–H groups in total. The molecule has 4 saturated carbocycles. The zero-order valence-electron chi connectivity index (χ0n) is 31.1. The summed E-state index contributed by atoms with van der Waals surface area (Å²) in [5, 5.41) is 74.5. The molecule has 0 aromatic heterocycles. The summed E-state index contributed by atoms with van der Waals surface area (Å²) in [4.78, 5) is 28.0. The molecule has 6 rings (SSSR count). The number of methoxy groups -OCH3 is 2. The van der Waals surface area contributed by atoms with Gasteiger partial charge in [0.2, 0.25) is 6.29 Å². The lowest BCUT2D eigenvalue weighted by Crippen LogP contribution is -2.70. The van der Waals surface area contributed by atoms with Gasteiger partial charge in [0.25, 0.3) is 0 Å². The fourth-order valence-corrected chi connectivity index (χ4v) is 12.7. The predicted octanol–water partition coefficient (Wildman–Crippen LogP) is 1.21. The van der Waals surface area contributed by atoms with E-state index >= 15 is 0 Å². The van der Waals surface area contributed by atoms with E-state index in [-0.39, 0.29) is 37.3 Å². The highest BCUT2D eigenvalue weighted by Crippen LogP contribution is 2.76. The lowest BCUT2D eigenvalue weighted by Gasteiger charge is -2.72. The van der Waals surface area contributed by atoms with E-state index in [1.54, 1.807) is 7.11 Å². The van der Waals surface area contributed by atoms with Crippen molar-refractivity contribution in [1.82, 2.24) is 0 Å². The second kappa shape index (κ2) is 13.0. The summed E-state index contributed by atoms with van der Waals surface area (Å²) in [6.07, 6.45) is -4.71. The van der Waals surface area contributed by atoms with Crippen LogP contribution in [0.4, 0.5) is 0 Å². The van der Waals surface area contributed by atoms with Crippen LogP contribution in [0.1, 0.15) is 86.0 Å². The highest BCUT2D eigenvalue weighted by Gasteiger charge is 2.73. The third-order valence-electron chi connectivity index (χ3n) is 15.9. The Morgan fingerprint density at radius 2 is 1.53 bits per heavy atom. The van der Waals surface area contributed by atoms with Crippen molar-refractivity contribution in [3.05, 3.63) is 11.6 Å². The minimum absolute atomic E-state index is 0.101. The summed E-state index contributed by atoms with van der Waals surface area (Å²) in [6, 6.07) is 0. The lowest BCUT2D eigenvalue weighted by atomic mass is 9.33. The third kappa shape index (κ3) is 5.27. The Kier molecular flexibility index (Phi) is 9.93. The molecule has 1 heterocycles. The maximum atomic E-state index is 14.6. The van der Waals surface area contributed by atoms with Crippen LogP contribution < -0.4 is 0 Å². The summed E-state index contributed by atoms with van der Waals surface area (Å²) in [5.74, 6) is -1.75. The first-order valence-electron chi connectivity index (χ1n) is 18.6. The van der Waals surface area contributed by atoms with Crippen molar-refractivity contribution in [3.63, 3.8) is 0 Å². The summed E-state index contributed by atoms with van der Waals surface area (Å²) in [6.45, 7) is 9.46. The van der Waals surface area contributed by atoms with Crippen LogP contribution in [-0.2, 0) is 28.5 Å². The van der Waals surface area contributed by atoms with Gasteiger partial charge in [-0.2, -0.15) is 0 Å². The molecule has 0 radical (unpaired) electrons. The van der Waals surface area contributed by atoms with E-state index in [2.05, 4.69) is 26.8 Å². The average molecular weight is 725 g/mol. The van der Waals surface area contributed by atoms with Crippen LogP contribution in [0.25, 0.3) is 0 Å². The third-order valence-corrected chi connectivity index (χ3v) is 15.9. The van der Waals surface area contributed by atoms with E-state index < -0.39 is 100 Å². The molecule has 17 unspecified atom stereocenters. The van der Waals surface area contributed by atoms with Gasteiger partial charge in [0, 0.05) is 18.4 Å². The second-order valence-corrected chi connectivity index (χ2v) is 18.1. The quantitative estimate of drug-likeness (QED) is 0.152. The number of allylic oxidation sites excluding steroid dienone is 1. The summed E-state index contributed by atoms with van der Waals surface area (Å²) in [5.41, 5.74) is -3.43. The fraction of sp³-hybridized carbons (Fsp3) is 0.895. The number of carbonyl (C=O) groups excluding carboxylic acids is 2. The van der Waals surface area contributed by atoms with Crippen LogP contribution in [-0.4, -0.2) is 124 Å².